The van der Waals surface area contributed by atoms with E-state index in [0.717, 1.165) is 32.0 Å². The molecular weight excluding hydrogens is 338 g/mol. The molecule has 2 aromatic heterocycles. The molecule has 0 unspecified atom stereocenters. The molecule has 0 saturated heterocycles. The Labute approximate surface area is 161 Å². The molecule has 1 fully saturated rings. The first-order valence-electron chi connectivity index (χ1n) is 10.2. The van der Waals surface area contributed by atoms with E-state index in [1.54, 1.807) is 24.5 Å². The van der Waals surface area contributed by atoms with Gasteiger partial charge in [0.1, 0.15) is 0 Å². The standard InChI is InChI=1S/C21H29N5O/c27-21(19-6-3-9-22-12-19)23-10-7-18-14-25(13-17-4-1-2-5-17)16-20-8-11-24-26(20)15-18/h3,6,8-9,11-12,17-18H,1-2,4-5,7,10,13-16H2,(H,23,27)/t18-/m1/s1. The van der Waals surface area contributed by atoms with Crippen LogP contribution in [0.2, 0.25) is 0 Å². The van der Waals surface area contributed by atoms with Gasteiger partial charge in [0.15, 0.2) is 0 Å². The summed E-state index contributed by atoms with van der Waals surface area (Å²) in [6.45, 7) is 4.90. The van der Waals surface area contributed by atoms with Crippen molar-refractivity contribution in [1.82, 2.24) is 25.0 Å². The van der Waals surface area contributed by atoms with Crippen LogP contribution in [0.5, 0.6) is 0 Å². The molecule has 6 heteroatoms. The molecule has 0 aromatic carbocycles. The van der Waals surface area contributed by atoms with Gasteiger partial charge in [0.05, 0.1) is 11.3 Å². The highest BCUT2D eigenvalue weighted by atomic mass is 16.1. The topological polar surface area (TPSA) is 63.1 Å². The third-order valence-electron chi connectivity index (χ3n) is 5.89. The second kappa shape index (κ2) is 8.65. The largest absolute Gasteiger partial charge is 0.352 e. The van der Waals surface area contributed by atoms with Crippen LogP contribution in [0.3, 0.4) is 0 Å². The van der Waals surface area contributed by atoms with Gasteiger partial charge in [-0.2, -0.15) is 5.10 Å². The van der Waals surface area contributed by atoms with Crippen molar-refractivity contribution in [1.29, 1.82) is 0 Å². The minimum absolute atomic E-state index is 0.0423. The summed E-state index contributed by atoms with van der Waals surface area (Å²) in [5.74, 6) is 1.31. The number of amides is 1. The van der Waals surface area contributed by atoms with Crippen LogP contribution in [-0.4, -0.2) is 45.2 Å². The van der Waals surface area contributed by atoms with E-state index in [1.165, 1.54) is 37.9 Å². The van der Waals surface area contributed by atoms with Gasteiger partial charge in [-0.05, 0) is 49.3 Å². The van der Waals surface area contributed by atoms with Crippen LogP contribution in [0.4, 0.5) is 0 Å². The number of nitrogens with zero attached hydrogens (tertiary/aromatic N) is 4. The van der Waals surface area contributed by atoms with Crippen molar-refractivity contribution in [2.24, 2.45) is 11.8 Å². The summed E-state index contributed by atoms with van der Waals surface area (Å²) >= 11 is 0. The predicted molar refractivity (Wildman–Crippen MR) is 104 cm³/mol. The fraction of sp³-hybridized carbons (Fsp3) is 0.571. The Morgan fingerprint density at radius 2 is 2.04 bits per heavy atom. The Kier molecular flexibility index (Phi) is 5.82. The van der Waals surface area contributed by atoms with Crippen LogP contribution in [0.15, 0.2) is 36.8 Å². The molecule has 144 valence electrons. The zero-order chi connectivity index (χ0) is 18.5. The summed E-state index contributed by atoms with van der Waals surface area (Å²) in [6, 6.07) is 5.74. The van der Waals surface area contributed by atoms with Gasteiger partial charge in [-0.25, -0.2) is 0 Å². The highest BCUT2D eigenvalue weighted by Gasteiger charge is 2.25. The van der Waals surface area contributed by atoms with Gasteiger partial charge < -0.3 is 5.32 Å². The third-order valence-corrected chi connectivity index (χ3v) is 5.89. The molecule has 27 heavy (non-hydrogen) atoms. The molecule has 1 saturated carbocycles. The quantitative estimate of drug-likeness (QED) is 0.853. The number of fused-ring (bicyclic) bond motifs is 1. The van der Waals surface area contributed by atoms with Gasteiger partial charge in [0.2, 0.25) is 0 Å². The van der Waals surface area contributed by atoms with E-state index in [1.807, 2.05) is 6.20 Å². The minimum Gasteiger partial charge on any atom is -0.352 e. The lowest BCUT2D eigenvalue weighted by atomic mass is 10.0. The molecule has 0 radical (unpaired) electrons. The number of pyridine rings is 1. The van der Waals surface area contributed by atoms with Crippen LogP contribution in [0.25, 0.3) is 0 Å². The summed E-state index contributed by atoms with van der Waals surface area (Å²) in [4.78, 5) is 18.9. The number of nitrogens with one attached hydrogen (secondary N) is 1. The lowest BCUT2D eigenvalue weighted by Gasteiger charge is -2.26. The maximum Gasteiger partial charge on any atom is 0.252 e. The molecule has 1 aliphatic heterocycles. The first-order chi connectivity index (χ1) is 13.3. The van der Waals surface area contributed by atoms with Crippen molar-refractivity contribution in [2.45, 2.75) is 45.2 Å². The van der Waals surface area contributed by atoms with Gasteiger partial charge in [-0.15, -0.1) is 0 Å². The van der Waals surface area contributed by atoms with Gasteiger partial charge >= 0.3 is 0 Å². The smallest absolute Gasteiger partial charge is 0.252 e. The zero-order valence-electron chi connectivity index (χ0n) is 15.9. The molecule has 1 N–H and O–H groups in total. The Hall–Kier alpha value is -2.21. The van der Waals surface area contributed by atoms with E-state index < -0.39 is 0 Å². The van der Waals surface area contributed by atoms with Gasteiger partial charge in [0.25, 0.3) is 5.91 Å². The maximum atomic E-state index is 12.2. The fourth-order valence-electron chi connectivity index (χ4n) is 4.49. The van der Waals surface area contributed by atoms with Crippen molar-refractivity contribution in [2.75, 3.05) is 19.6 Å². The second-order valence-corrected chi connectivity index (χ2v) is 8.00. The Balaban J connectivity index is 1.34. The molecule has 1 amide bonds. The highest BCUT2D eigenvalue weighted by molar-refractivity contribution is 5.93. The molecule has 0 spiro atoms. The molecule has 4 rings (SSSR count). The Morgan fingerprint density at radius 3 is 2.85 bits per heavy atom. The van der Waals surface area contributed by atoms with E-state index in [9.17, 15) is 4.79 Å². The summed E-state index contributed by atoms with van der Waals surface area (Å²) in [5, 5.41) is 7.56. The van der Waals surface area contributed by atoms with Crippen LogP contribution >= 0.6 is 0 Å². The van der Waals surface area contributed by atoms with Crippen molar-refractivity contribution in [3.8, 4) is 0 Å². The first-order valence-corrected chi connectivity index (χ1v) is 10.2. The molecular formula is C21H29N5O. The highest BCUT2D eigenvalue weighted by Crippen LogP contribution is 2.27. The van der Waals surface area contributed by atoms with Crippen molar-refractivity contribution < 1.29 is 4.79 Å². The van der Waals surface area contributed by atoms with Crippen LogP contribution in [-0.2, 0) is 13.1 Å². The SMILES string of the molecule is O=C(NCC[C@@H]1CN(CC2CCCC2)Cc2ccnn2C1)c1cccnc1. The molecule has 1 atom stereocenters. The average Bonchev–Trinajstić information content (AvgIpc) is 3.32. The molecule has 0 bridgehead atoms. The number of carbonyl (C=O) groups is 1. The van der Waals surface area contributed by atoms with Crippen LogP contribution < -0.4 is 5.32 Å². The molecule has 1 aliphatic carbocycles. The molecule has 2 aromatic rings. The summed E-state index contributed by atoms with van der Waals surface area (Å²) in [7, 11) is 0. The molecule has 3 heterocycles. The molecule has 6 nitrogen and oxygen atoms in total. The van der Waals surface area contributed by atoms with Gasteiger partial charge in [-0.1, -0.05) is 12.8 Å². The van der Waals surface area contributed by atoms with Crippen LogP contribution in [0.1, 0.15) is 48.2 Å². The average molecular weight is 367 g/mol. The zero-order valence-corrected chi connectivity index (χ0v) is 15.9. The number of aromatic nitrogens is 3. The predicted octanol–water partition coefficient (Wildman–Crippen LogP) is 2.72. The first kappa shape index (κ1) is 18.2. The lowest BCUT2D eigenvalue weighted by Crippen LogP contribution is -2.34. The third kappa shape index (κ3) is 4.75. The summed E-state index contributed by atoms with van der Waals surface area (Å²) in [5.41, 5.74) is 1.94. The lowest BCUT2D eigenvalue weighted by molar-refractivity contribution is 0.0949. The van der Waals surface area contributed by atoms with E-state index in [0.29, 0.717) is 18.0 Å². The van der Waals surface area contributed by atoms with E-state index in [2.05, 4.69) is 31.0 Å². The van der Waals surface area contributed by atoms with E-state index in [-0.39, 0.29) is 5.91 Å². The normalized spacial score (nSPS) is 21.0. The van der Waals surface area contributed by atoms with Gasteiger partial charge in [0, 0.05) is 51.3 Å². The number of carbonyl (C=O) groups excluding carboxylic acids is 1. The maximum absolute atomic E-state index is 12.2. The monoisotopic (exact) mass is 367 g/mol. The number of hydrogen-bond acceptors (Lipinski definition) is 4. The minimum atomic E-state index is -0.0423. The number of hydrogen-bond donors (Lipinski definition) is 1. The van der Waals surface area contributed by atoms with Crippen molar-refractivity contribution in [3.05, 3.63) is 48.0 Å². The van der Waals surface area contributed by atoms with Gasteiger partial charge in [-0.3, -0.25) is 19.4 Å². The van der Waals surface area contributed by atoms with E-state index in [4.69, 9.17) is 0 Å². The summed E-state index contributed by atoms with van der Waals surface area (Å²) in [6.07, 6.45) is 11.7. The van der Waals surface area contributed by atoms with Crippen molar-refractivity contribution in [3.63, 3.8) is 0 Å². The fourth-order valence-corrected chi connectivity index (χ4v) is 4.49. The number of rotatable bonds is 6. The second-order valence-electron chi connectivity index (χ2n) is 8.00. The Morgan fingerprint density at radius 1 is 1.15 bits per heavy atom. The van der Waals surface area contributed by atoms with E-state index >= 15 is 0 Å². The molecule has 2 aliphatic rings. The van der Waals surface area contributed by atoms with Crippen molar-refractivity contribution >= 4 is 5.91 Å². The van der Waals surface area contributed by atoms with Crippen LogP contribution in [0, 0.1) is 11.8 Å². The Bertz CT molecular complexity index is 738. The summed E-state index contributed by atoms with van der Waals surface area (Å²) < 4.78 is 2.16.